The van der Waals surface area contributed by atoms with Crippen molar-refractivity contribution in [2.24, 2.45) is 5.92 Å². The number of hydrogen-bond donors (Lipinski definition) is 1. The number of amides is 2. The molecule has 0 radical (unpaired) electrons. The summed E-state index contributed by atoms with van der Waals surface area (Å²) in [6.07, 6.45) is 0.0553. The lowest BCUT2D eigenvalue weighted by Gasteiger charge is -2.17. The van der Waals surface area contributed by atoms with Gasteiger partial charge < -0.3 is 10.2 Å². The zero-order chi connectivity index (χ0) is 17.3. The van der Waals surface area contributed by atoms with Gasteiger partial charge in [-0.2, -0.15) is 0 Å². The fourth-order valence-electron chi connectivity index (χ4n) is 2.70. The standard InChI is InChI=1S/C18H16ClFN2O2/c1-11-6-7-13(9-14(11)19)21-18(24)12-8-17(23)22(10-12)16-5-3-2-4-15(16)20/h2-7,9,12H,8,10H2,1H3,(H,21,24)/t12-/m0/s1. The van der Waals surface area contributed by atoms with E-state index in [1.54, 1.807) is 24.3 Å². The molecule has 0 saturated carbocycles. The third-order valence-corrected chi connectivity index (χ3v) is 4.49. The van der Waals surface area contributed by atoms with Crippen molar-refractivity contribution in [1.29, 1.82) is 0 Å². The van der Waals surface area contributed by atoms with Crippen LogP contribution in [-0.4, -0.2) is 18.4 Å². The molecule has 2 amide bonds. The summed E-state index contributed by atoms with van der Waals surface area (Å²) in [6.45, 7) is 2.03. The normalized spacial score (nSPS) is 17.2. The summed E-state index contributed by atoms with van der Waals surface area (Å²) < 4.78 is 13.9. The molecular weight excluding hydrogens is 331 g/mol. The van der Waals surface area contributed by atoms with Crippen LogP contribution in [0.2, 0.25) is 5.02 Å². The van der Waals surface area contributed by atoms with Crippen LogP contribution in [0, 0.1) is 18.7 Å². The quantitative estimate of drug-likeness (QED) is 0.919. The van der Waals surface area contributed by atoms with Crippen molar-refractivity contribution in [3.05, 3.63) is 58.9 Å². The Balaban J connectivity index is 1.72. The maximum Gasteiger partial charge on any atom is 0.229 e. The SMILES string of the molecule is Cc1ccc(NC(=O)[C@H]2CC(=O)N(c3ccccc3F)C2)cc1Cl. The molecule has 1 atom stereocenters. The van der Waals surface area contributed by atoms with Gasteiger partial charge in [-0.25, -0.2) is 4.39 Å². The number of halogens is 2. The van der Waals surface area contributed by atoms with E-state index in [1.807, 2.05) is 13.0 Å². The fourth-order valence-corrected chi connectivity index (χ4v) is 2.88. The zero-order valence-corrected chi connectivity index (χ0v) is 13.8. The first-order chi connectivity index (χ1) is 11.5. The average Bonchev–Trinajstić information content (AvgIpc) is 2.93. The van der Waals surface area contributed by atoms with Crippen LogP contribution >= 0.6 is 11.6 Å². The van der Waals surface area contributed by atoms with Gasteiger partial charge in [0.25, 0.3) is 0 Å². The van der Waals surface area contributed by atoms with E-state index in [0.29, 0.717) is 10.7 Å². The van der Waals surface area contributed by atoms with Crippen molar-refractivity contribution in [3.8, 4) is 0 Å². The van der Waals surface area contributed by atoms with E-state index in [4.69, 9.17) is 11.6 Å². The summed E-state index contributed by atoms with van der Waals surface area (Å²) >= 11 is 6.05. The second-order valence-electron chi connectivity index (χ2n) is 5.81. The molecule has 1 aliphatic rings. The van der Waals surface area contributed by atoms with E-state index in [-0.39, 0.29) is 30.5 Å². The molecule has 0 unspecified atom stereocenters. The number of nitrogens with zero attached hydrogens (tertiary/aromatic N) is 1. The Morgan fingerprint density at radius 2 is 2.04 bits per heavy atom. The summed E-state index contributed by atoms with van der Waals surface area (Å²) in [7, 11) is 0. The third-order valence-electron chi connectivity index (χ3n) is 4.08. The summed E-state index contributed by atoms with van der Waals surface area (Å²) in [6, 6.07) is 11.3. The lowest BCUT2D eigenvalue weighted by molar-refractivity contribution is -0.122. The van der Waals surface area contributed by atoms with Gasteiger partial charge in [0, 0.05) is 23.7 Å². The highest BCUT2D eigenvalue weighted by molar-refractivity contribution is 6.31. The van der Waals surface area contributed by atoms with Gasteiger partial charge in [0.15, 0.2) is 0 Å². The van der Waals surface area contributed by atoms with Crippen molar-refractivity contribution in [1.82, 2.24) is 0 Å². The van der Waals surface area contributed by atoms with Crippen LogP contribution in [-0.2, 0) is 9.59 Å². The number of aryl methyl sites for hydroxylation is 1. The second kappa shape index (κ2) is 6.61. The minimum absolute atomic E-state index is 0.0553. The number of carbonyl (C=O) groups is 2. The van der Waals surface area contributed by atoms with E-state index < -0.39 is 11.7 Å². The van der Waals surface area contributed by atoms with E-state index in [2.05, 4.69) is 5.32 Å². The molecule has 0 spiro atoms. The minimum Gasteiger partial charge on any atom is -0.326 e. The highest BCUT2D eigenvalue weighted by Crippen LogP contribution is 2.28. The molecule has 2 aromatic carbocycles. The first kappa shape index (κ1) is 16.5. The van der Waals surface area contributed by atoms with E-state index in [1.165, 1.54) is 17.0 Å². The van der Waals surface area contributed by atoms with Gasteiger partial charge in [-0.15, -0.1) is 0 Å². The molecule has 0 bridgehead atoms. The number of rotatable bonds is 3. The Hall–Kier alpha value is -2.40. The maximum absolute atomic E-state index is 13.9. The summed E-state index contributed by atoms with van der Waals surface area (Å²) in [5, 5.41) is 3.32. The molecular formula is C18H16ClFN2O2. The monoisotopic (exact) mass is 346 g/mol. The largest absolute Gasteiger partial charge is 0.326 e. The number of carbonyl (C=O) groups excluding carboxylic acids is 2. The van der Waals surface area contributed by atoms with E-state index >= 15 is 0 Å². The van der Waals surface area contributed by atoms with Crippen LogP contribution in [0.15, 0.2) is 42.5 Å². The van der Waals surface area contributed by atoms with Crippen LogP contribution in [0.5, 0.6) is 0 Å². The lowest BCUT2D eigenvalue weighted by Crippen LogP contribution is -2.28. The van der Waals surface area contributed by atoms with Gasteiger partial charge in [-0.05, 0) is 36.8 Å². The number of para-hydroxylation sites is 1. The van der Waals surface area contributed by atoms with Crippen LogP contribution in [0.4, 0.5) is 15.8 Å². The highest BCUT2D eigenvalue weighted by Gasteiger charge is 2.36. The number of nitrogens with one attached hydrogen (secondary N) is 1. The fraction of sp³-hybridized carbons (Fsp3) is 0.222. The Labute approximate surface area is 144 Å². The summed E-state index contributed by atoms with van der Waals surface area (Å²) in [5.41, 5.74) is 1.69. The highest BCUT2D eigenvalue weighted by atomic mass is 35.5. The Kier molecular flexibility index (Phi) is 4.53. The van der Waals surface area contributed by atoms with Crippen molar-refractivity contribution in [3.63, 3.8) is 0 Å². The van der Waals surface area contributed by atoms with Gasteiger partial charge in [0.1, 0.15) is 5.82 Å². The number of anilines is 2. The first-order valence-corrected chi connectivity index (χ1v) is 7.95. The molecule has 0 aromatic heterocycles. The topological polar surface area (TPSA) is 49.4 Å². The van der Waals surface area contributed by atoms with Crippen molar-refractivity contribution >= 4 is 34.8 Å². The Bertz CT molecular complexity index is 809. The van der Waals surface area contributed by atoms with Crippen LogP contribution in [0.3, 0.4) is 0 Å². The molecule has 0 aliphatic carbocycles. The minimum atomic E-state index is -0.530. The molecule has 1 saturated heterocycles. The van der Waals surface area contributed by atoms with Gasteiger partial charge in [0.2, 0.25) is 11.8 Å². The predicted molar refractivity (Wildman–Crippen MR) is 91.7 cm³/mol. The Morgan fingerprint density at radius 3 is 2.75 bits per heavy atom. The van der Waals surface area contributed by atoms with Crippen LogP contribution < -0.4 is 10.2 Å². The van der Waals surface area contributed by atoms with Crippen molar-refractivity contribution in [2.45, 2.75) is 13.3 Å². The molecule has 124 valence electrons. The molecule has 1 heterocycles. The smallest absolute Gasteiger partial charge is 0.229 e. The number of benzene rings is 2. The average molecular weight is 347 g/mol. The van der Waals surface area contributed by atoms with Gasteiger partial charge in [0.05, 0.1) is 11.6 Å². The molecule has 2 aromatic rings. The third kappa shape index (κ3) is 3.26. The molecule has 1 fully saturated rings. The molecule has 3 rings (SSSR count). The molecule has 24 heavy (non-hydrogen) atoms. The second-order valence-corrected chi connectivity index (χ2v) is 6.22. The molecule has 1 aliphatic heterocycles. The summed E-state index contributed by atoms with van der Waals surface area (Å²) in [5.74, 6) is -1.54. The Morgan fingerprint density at radius 1 is 1.29 bits per heavy atom. The number of hydrogen-bond acceptors (Lipinski definition) is 2. The lowest BCUT2D eigenvalue weighted by atomic mass is 10.1. The van der Waals surface area contributed by atoms with Crippen LogP contribution in [0.25, 0.3) is 0 Å². The van der Waals surface area contributed by atoms with Crippen molar-refractivity contribution in [2.75, 3.05) is 16.8 Å². The van der Waals surface area contributed by atoms with E-state index in [0.717, 1.165) is 5.56 Å². The van der Waals surface area contributed by atoms with Gasteiger partial charge in [-0.1, -0.05) is 29.8 Å². The molecule has 1 N–H and O–H groups in total. The van der Waals surface area contributed by atoms with E-state index in [9.17, 15) is 14.0 Å². The van der Waals surface area contributed by atoms with Crippen molar-refractivity contribution < 1.29 is 14.0 Å². The molecule has 6 heteroatoms. The van der Waals surface area contributed by atoms with Gasteiger partial charge in [-0.3, -0.25) is 9.59 Å². The first-order valence-electron chi connectivity index (χ1n) is 7.57. The summed E-state index contributed by atoms with van der Waals surface area (Å²) in [4.78, 5) is 25.9. The molecule has 4 nitrogen and oxygen atoms in total. The predicted octanol–water partition coefficient (Wildman–Crippen LogP) is 3.78. The zero-order valence-electron chi connectivity index (χ0n) is 13.1. The maximum atomic E-state index is 13.9. The van der Waals surface area contributed by atoms with Gasteiger partial charge >= 0.3 is 0 Å². The van der Waals surface area contributed by atoms with Crippen LogP contribution in [0.1, 0.15) is 12.0 Å².